The molecule has 1 saturated heterocycles. The molecule has 0 aromatic heterocycles. The summed E-state index contributed by atoms with van der Waals surface area (Å²) < 4.78 is 0. The molecule has 1 aliphatic heterocycles. The molecular formula is C13H16N2O3. The Bertz CT molecular complexity index is 456. The van der Waals surface area contributed by atoms with Crippen LogP contribution in [0.25, 0.3) is 0 Å². The van der Waals surface area contributed by atoms with Crippen LogP contribution in [0.1, 0.15) is 17.5 Å². The monoisotopic (exact) mass is 248 g/mol. The summed E-state index contributed by atoms with van der Waals surface area (Å²) in [6.07, 6.45) is 0.0796. The van der Waals surface area contributed by atoms with E-state index in [0.29, 0.717) is 11.6 Å². The van der Waals surface area contributed by atoms with Crippen LogP contribution in [0.3, 0.4) is 0 Å². The molecule has 0 radical (unpaired) electrons. The predicted molar refractivity (Wildman–Crippen MR) is 64.6 cm³/mol. The van der Waals surface area contributed by atoms with E-state index in [4.69, 9.17) is 5.21 Å². The number of benzene rings is 1. The molecule has 1 aromatic carbocycles. The number of carbonyl (C=O) groups excluding carboxylic acids is 2. The van der Waals surface area contributed by atoms with E-state index in [2.05, 4.69) is 5.32 Å². The topological polar surface area (TPSA) is 69.6 Å². The van der Waals surface area contributed by atoms with Gasteiger partial charge in [-0.25, -0.2) is 5.06 Å². The maximum absolute atomic E-state index is 11.8. The second-order valence-corrected chi connectivity index (χ2v) is 4.58. The van der Waals surface area contributed by atoms with Gasteiger partial charge in [0.25, 0.3) is 0 Å². The highest BCUT2D eigenvalue weighted by Gasteiger charge is 2.33. The molecule has 0 aliphatic carbocycles. The van der Waals surface area contributed by atoms with Gasteiger partial charge in [0.1, 0.15) is 0 Å². The molecule has 0 saturated carbocycles. The zero-order valence-corrected chi connectivity index (χ0v) is 10.2. The molecule has 2 amide bonds. The SMILES string of the molecule is Cc1ccc(CNC(=O)C2CC(=O)N(O)C2)cc1. The summed E-state index contributed by atoms with van der Waals surface area (Å²) in [6.45, 7) is 2.52. The number of rotatable bonds is 3. The number of carbonyl (C=O) groups is 2. The lowest BCUT2D eigenvalue weighted by Crippen LogP contribution is -2.31. The van der Waals surface area contributed by atoms with Crippen molar-refractivity contribution in [2.75, 3.05) is 6.54 Å². The highest BCUT2D eigenvalue weighted by Crippen LogP contribution is 2.15. The minimum absolute atomic E-state index is 0.0796. The Labute approximate surface area is 105 Å². The first-order chi connectivity index (χ1) is 8.56. The smallest absolute Gasteiger partial charge is 0.246 e. The number of hydrogen-bond donors (Lipinski definition) is 2. The summed E-state index contributed by atoms with van der Waals surface area (Å²) in [5.41, 5.74) is 2.18. The molecule has 2 rings (SSSR count). The first-order valence-corrected chi connectivity index (χ1v) is 5.89. The molecule has 18 heavy (non-hydrogen) atoms. The van der Waals surface area contributed by atoms with E-state index in [9.17, 15) is 9.59 Å². The van der Waals surface area contributed by atoms with Gasteiger partial charge in [-0.2, -0.15) is 0 Å². The molecule has 1 fully saturated rings. The molecule has 1 heterocycles. The van der Waals surface area contributed by atoms with E-state index in [1.807, 2.05) is 31.2 Å². The van der Waals surface area contributed by atoms with Gasteiger partial charge in [0.2, 0.25) is 11.8 Å². The Hall–Kier alpha value is -1.88. The van der Waals surface area contributed by atoms with Crippen LogP contribution in [0.4, 0.5) is 0 Å². The lowest BCUT2D eigenvalue weighted by molar-refractivity contribution is -0.157. The van der Waals surface area contributed by atoms with Crippen LogP contribution in [0.2, 0.25) is 0 Å². The third-order valence-electron chi connectivity index (χ3n) is 3.06. The second kappa shape index (κ2) is 5.18. The van der Waals surface area contributed by atoms with Crippen molar-refractivity contribution < 1.29 is 14.8 Å². The molecule has 5 nitrogen and oxygen atoms in total. The molecule has 2 N–H and O–H groups in total. The van der Waals surface area contributed by atoms with Gasteiger partial charge in [-0.15, -0.1) is 0 Å². The molecular weight excluding hydrogens is 232 g/mol. The average molecular weight is 248 g/mol. The molecule has 5 heteroatoms. The number of aryl methyl sites for hydroxylation is 1. The fourth-order valence-electron chi connectivity index (χ4n) is 1.91. The lowest BCUT2D eigenvalue weighted by Gasteiger charge is -2.10. The summed E-state index contributed by atoms with van der Waals surface area (Å²) in [5, 5.41) is 12.5. The molecule has 1 atom stereocenters. The van der Waals surface area contributed by atoms with Crippen molar-refractivity contribution >= 4 is 11.8 Å². The van der Waals surface area contributed by atoms with Gasteiger partial charge in [-0.3, -0.25) is 14.8 Å². The fourth-order valence-corrected chi connectivity index (χ4v) is 1.91. The van der Waals surface area contributed by atoms with Gasteiger partial charge in [0, 0.05) is 13.0 Å². The Morgan fingerprint density at radius 2 is 2.11 bits per heavy atom. The Morgan fingerprint density at radius 3 is 2.67 bits per heavy atom. The van der Waals surface area contributed by atoms with Crippen LogP contribution >= 0.6 is 0 Å². The number of nitrogens with zero attached hydrogens (tertiary/aromatic N) is 1. The Balaban J connectivity index is 1.85. The van der Waals surface area contributed by atoms with E-state index < -0.39 is 11.8 Å². The Morgan fingerprint density at radius 1 is 1.44 bits per heavy atom. The minimum Gasteiger partial charge on any atom is -0.352 e. The van der Waals surface area contributed by atoms with Crippen molar-refractivity contribution in [1.29, 1.82) is 0 Å². The quantitative estimate of drug-likeness (QED) is 0.779. The van der Waals surface area contributed by atoms with Crippen LogP contribution in [-0.4, -0.2) is 28.6 Å². The summed E-state index contributed by atoms with van der Waals surface area (Å²) in [6, 6.07) is 7.87. The largest absolute Gasteiger partial charge is 0.352 e. The van der Waals surface area contributed by atoms with Crippen molar-refractivity contribution in [3.8, 4) is 0 Å². The van der Waals surface area contributed by atoms with Crippen molar-refractivity contribution in [3.05, 3.63) is 35.4 Å². The third-order valence-corrected chi connectivity index (χ3v) is 3.06. The lowest BCUT2D eigenvalue weighted by atomic mass is 10.1. The van der Waals surface area contributed by atoms with Crippen LogP contribution < -0.4 is 5.32 Å². The van der Waals surface area contributed by atoms with E-state index in [1.165, 1.54) is 5.56 Å². The van der Waals surface area contributed by atoms with E-state index >= 15 is 0 Å². The first-order valence-electron chi connectivity index (χ1n) is 5.89. The van der Waals surface area contributed by atoms with E-state index in [-0.39, 0.29) is 18.9 Å². The van der Waals surface area contributed by atoms with Crippen LogP contribution in [0.15, 0.2) is 24.3 Å². The summed E-state index contributed by atoms with van der Waals surface area (Å²) in [7, 11) is 0. The summed E-state index contributed by atoms with van der Waals surface area (Å²) in [5.74, 6) is -1.04. The predicted octanol–water partition coefficient (Wildman–Crippen LogP) is 0.849. The van der Waals surface area contributed by atoms with Crippen molar-refractivity contribution in [3.63, 3.8) is 0 Å². The highest BCUT2D eigenvalue weighted by atomic mass is 16.5. The van der Waals surface area contributed by atoms with Gasteiger partial charge >= 0.3 is 0 Å². The highest BCUT2D eigenvalue weighted by molar-refractivity contribution is 5.88. The van der Waals surface area contributed by atoms with Crippen LogP contribution in [-0.2, 0) is 16.1 Å². The molecule has 1 aliphatic rings. The number of nitrogens with one attached hydrogen (secondary N) is 1. The molecule has 0 bridgehead atoms. The van der Waals surface area contributed by atoms with Crippen molar-refractivity contribution in [1.82, 2.24) is 10.4 Å². The van der Waals surface area contributed by atoms with Crippen molar-refractivity contribution in [2.45, 2.75) is 19.9 Å². The third kappa shape index (κ3) is 2.87. The Kier molecular flexibility index (Phi) is 3.62. The summed E-state index contributed by atoms with van der Waals surface area (Å²) in [4.78, 5) is 22.9. The second-order valence-electron chi connectivity index (χ2n) is 4.58. The number of amides is 2. The molecule has 1 aromatic rings. The number of hydrogen-bond acceptors (Lipinski definition) is 3. The van der Waals surface area contributed by atoms with Gasteiger partial charge in [-0.1, -0.05) is 29.8 Å². The summed E-state index contributed by atoms with van der Waals surface area (Å²) >= 11 is 0. The fraction of sp³-hybridized carbons (Fsp3) is 0.385. The minimum atomic E-state index is -0.451. The zero-order chi connectivity index (χ0) is 13.1. The van der Waals surface area contributed by atoms with Crippen LogP contribution in [0, 0.1) is 12.8 Å². The maximum atomic E-state index is 11.8. The van der Waals surface area contributed by atoms with Gasteiger partial charge in [0.05, 0.1) is 12.5 Å². The van der Waals surface area contributed by atoms with Gasteiger partial charge < -0.3 is 5.32 Å². The number of hydroxylamine groups is 2. The van der Waals surface area contributed by atoms with Gasteiger partial charge in [0.15, 0.2) is 0 Å². The normalized spacial score (nSPS) is 19.1. The van der Waals surface area contributed by atoms with Crippen molar-refractivity contribution in [2.24, 2.45) is 5.92 Å². The molecule has 96 valence electrons. The first kappa shape index (κ1) is 12.6. The van der Waals surface area contributed by atoms with Gasteiger partial charge in [-0.05, 0) is 12.5 Å². The molecule has 0 spiro atoms. The standard InChI is InChI=1S/C13H16N2O3/c1-9-2-4-10(5-3-9)7-14-13(17)11-6-12(16)15(18)8-11/h2-5,11,18H,6-8H2,1H3,(H,14,17). The van der Waals surface area contributed by atoms with E-state index in [0.717, 1.165) is 5.56 Å². The zero-order valence-electron chi connectivity index (χ0n) is 10.2. The van der Waals surface area contributed by atoms with E-state index in [1.54, 1.807) is 0 Å². The van der Waals surface area contributed by atoms with Crippen LogP contribution in [0.5, 0.6) is 0 Å². The molecule has 1 unspecified atom stereocenters. The maximum Gasteiger partial charge on any atom is 0.246 e. The average Bonchev–Trinajstić information content (AvgIpc) is 2.69.